The van der Waals surface area contributed by atoms with Crippen molar-refractivity contribution in [3.63, 3.8) is 0 Å². The summed E-state index contributed by atoms with van der Waals surface area (Å²) < 4.78 is 0. The first kappa shape index (κ1) is 18.3. The molecule has 0 spiro atoms. The molecule has 1 amide bonds. The van der Waals surface area contributed by atoms with Gasteiger partial charge in [-0.2, -0.15) is 5.21 Å². The molecule has 0 aliphatic carbocycles. The lowest BCUT2D eigenvalue weighted by Crippen LogP contribution is -2.36. The van der Waals surface area contributed by atoms with Crippen LogP contribution in [0.25, 0.3) is 11.4 Å². The van der Waals surface area contributed by atoms with Gasteiger partial charge in [-0.25, -0.2) is 0 Å². The predicted octanol–water partition coefficient (Wildman–Crippen LogP) is 2.34. The smallest absolute Gasteiger partial charge is 0.254 e. The summed E-state index contributed by atoms with van der Waals surface area (Å²) >= 11 is 0. The topological polar surface area (TPSA) is 78.0 Å². The number of rotatable bonds is 4. The molecule has 1 aliphatic heterocycles. The van der Waals surface area contributed by atoms with Crippen molar-refractivity contribution in [1.29, 1.82) is 0 Å². The Morgan fingerprint density at radius 1 is 1.11 bits per heavy atom. The molecule has 0 unspecified atom stereocenters. The monoisotopic (exact) mass is 376 g/mol. The standard InChI is InChI=1S/C21H24N6O/c1-14-8-10-15(11-9-14)18-12-27(13-19(18)26(2)3)21(28)17-7-5-4-6-16(17)20-22-24-25-23-20/h4-11,18-19H,12-13H2,1-3H3,(H,22,23,24,25)/t18-,19+/m0/s1. The second-order valence-electron chi connectivity index (χ2n) is 7.54. The number of amides is 1. The first-order valence-corrected chi connectivity index (χ1v) is 9.39. The van der Waals surface area contributed by atoms with Gasteiger partial charge in [-0.15, -0.1) is 10.2 Å². The highest BCUT2D eigenvalue weighted by atomic mass is 16.2. The number of hydrogen-bond donors (Lipinski definition) is 1. The van der Waals surface area contributed by atoms with E-state index >= 15 is 0 Å². The van der Waals surface area contributed by atoms with E-state index < -0.39 is 0 Å². The first-order chi connectivity index (χ1) is 13.5. The maximum absolute atomic E-state index is 13.4. The summed E-state index contributed by atoms with van der Waals surface area (Å²) in [5.74, 6) is 0.709. The summed E-state index contributed by atoms with van der Waals surface area (Å²) in [4.78, 5) is 17.5. The Labute approximate surface area is 164 Å². The van der Waals surface area contributed by atoms with E-state index in [-0.39, 0.29) is 17.9 Å². The van der Waals surface area contributed by atoms with Crippen LogP contribution in [0.1, 0.15) is 27.4 Å². The van der Waals surface area contributed by atoms with E-state index in [0.717, 1.165) is 0 Å². The van der Waals surface area contributed by atoms with Gasteiger partial charge in [0.1, 0.15) is 0 Å². The number of benzene rings is 2. The number of aromatic amines is 1. The van der Waals surface area contributed by atoms with E-state index in [1.54, 1.807) is 0 Å². The molecule has 3 aromatic rings. The average molecular weight is 376 g/mol. The summed E-state index contributed by atoms with van der Waals surface area (Å²) in [5.41, 5.74) is 3.81. The van der Waals surface area contributed by atoms with E-state index in [4.69, 9.17) is 0 Å². The lowest BCUT2D eigenvalue weighted by Gasteiger charge is -2.25. The van der Waals surface area contributed by atoms with Crippen LogP contribution in [0.4, 0.5) is 0 Å². The van der Waals surface area contributed by atoms with Crippen LogP contribution >= 0.6 is 0 Å². The number of H-pyrrole nitrogens is 1. The van der Waals surface area contributed by atoms with Crippen molar-refractivity contribution in [2.45, 2.75) is 18.9 Å². The highest BCUT2D eigenvalue weighted by Gasteiger charge is 2.38. The quantitative estimate of drug-likeness (QED) is 0.756. The van der Waals surface area contributed by atoms with Crippen LogP contribution in [0.5, 0.6) is 0 Å². The van der Waals surface area contributed by atoms with Crippen LogP contribution in [0.15, 0.2) is 48.5 Å². The summed E-state index contributed by atoms with van der Waals surface area (Å²) in [6.45, 7) is 3.46. The number of carbonyl (C=O) groups is 1. The number of tetrazole rings is 1. The molecule has 2 atom stereocenters. The van der Waals surface area contributed by atoms with Gasteiger partial charge in [0.15, 0.2) is 0 Å². The fourth-order valence-corrected chi connectivity index (χ4v) is 3.93. The van der Waals surface area contributed by atoms with Gasteiger partial charge in [0, 0.05) is 30.6 Å². The summed E-state index contributed by atoms with van der Waals surface area (Å²) in [7, 11) is 4.15. The first-order valence-electron chi connectivity index (χ1n) is 9.39. The predicted molar refractivity (Wildman–Crippen MR) is 107 cm³/mol. The molecule has 1 N–H and O–H groups in total. The van der Waals surface area contributed by atoms with Gasteiger partial charge in [0.05, 0.1) is 5.56 Å². The van der Waals surface area contributed by atoms with Crippen molar-refractivity contribution in [3.05, 3.63) is 65.2 Å². The third kappa shape index (κ3) is 3.41. The normalized spacial score (nSPS) is 19.4. The van der Waals surface area contributed by atoms with E-state index in [0.29, 0.717) is 30.0 Å². The molecule has 2 heterocycles. The van der Waals surface area contributed by atoms with Crippen LogP contribution < -0.4 is 0 Å². The maximum Gasteiger partial charge on any atom is 0.254 e. The van der Waals surface area contributed by atoms with Gasteiger partial charge >= 0.3 is 0 Å². The Morgan fingerprint density at radius 3 is 2.54 bits per heavy atom. The Balaban J connectivity index is 1.64. The number of aromatic nitrogens is 4. The van der Waals surface area contributed by atoms with E-state index in [9.17, 15) is 4.79 Å². The minimum Gasteiger partial charge on any atom is -0.336 e. The van der Waals surface area contributed by atoms with Crippen molar-refractivity contribution in [1.82, 2.24) is 30.4 Å². The van der Waals surface area contributed by atoms with Gasteiger partial charge in [-0.1, -0.05) is 48.0 Å². The van der Waals surface area contributed by atoms with Crippen molar-refractivity contribution in [2.75, 3.05) is 27.2 Å². The lowest BCUT2D eigenvalue weighted by atomic mass is 9.93. The number of carbonyl (C=O) groups excluding carboxylic acids is 1. The third-order valence-corrected chi connectivity index (χ3v) is 5.49. The highest BCUT2D eigenvalue weighted by molar-refractivity contribution is 6.00. The summed E-state index contributed by atoms with van der Waals surface area (Å²) in [5, 5.41) is 14.2. The summed E-state index contributed by atoms with van der Waals surface area (Å²) in [6, 6.07) is 16.3. The Kier molecular flexibility index (Phi) is 4.92. The third-order valence-electron chi connectivity index (χ3n) is 5.49. The molecular weight excluding hydrogens is 352 g/mol. The van der Waals surface area contributed by atoms with E-state index in [2.05, 4.69) is 70.8 Å². The second kappa shape index (κ2) is 7.52. The largest absolute Gasteiger partial charge is 0.336 e. The summed E-state index contributed by atoms with van der Waals surface area (Å²) in [6.07, 6.45) is 0. The molecule has 7 heteroatoms. The van der Waals surface area contributed by atoms with Gasteiger partial charge in [-0.05, 0) is 37.9 Å². The molecule has 0 saturated carbocycles. The molecular formula is C21H24N6O. The minimum absolute atomic E-state index is 0.00172. The van der Waals surface area contributed by atoms with Gasteiger partial charge < -0.3 is 9.80 Å². The Morgan fingerprint density at radius 2 is 1.86 bits per heavy atom. The van der Waals surface area contributed by atoms with Crippen LogP contribution in [0.2, 0.25) is 0 Å². The zero-order valence-electron chi connectivity index (χ0n) is 16.3. The zero-order chi connectivity index (χ0) is 19.7. The zero-order valence-corrected chi connectivity index (χ0v) is 16.3. The molecule has 1 fully saturated rings. The average Bonchev–Trinajstić information content (AvgIpc) is 3.38. The molecule has 0 bridgehead atoms. The van der Waals surface area contributed by atoms with Crippen LogP contribution in [-0.4, -0.2) is 69.6 Å². The number of likely N-dealkylation sites (N-methyl/N-ethyl adjacent to an activating group) is 1. The number of likely N-dealkylation sites (tertiary alicyclic amines) is 1. The van der Waals surface area contributed by atoms with E-state index in [1.807, 2.05) is 29.2 Å². The van der Waals surface area contributed by atoms with Crippen molar-refractivity contribution >= 4 is 5.91 Å². The van der Waals surface area contributed by atoms with Gasteiger partial charge in [0.2, 0.25) is 5.82 Å². The highest BCUT2D eigenvalue weighted by Crippen LogP contribution is 2.32. The molecule has 7 nitrogen and oxygen atoms in total. The fraction of sp³-hybridized carbons (Fsp3) is 0.333. The molecule has 144 valence electrons. The molecule has 2 aromatic carbocycles. The SMILES string of the molecule is Cc1ccc([C@@H]2CN(C(=O)c3ccccc3-c3nn[nH]n3)C[C@H]2N(C)C)cc1. The van der Waals surface area contributed by atoms with Crippen molar-refractivity contribution in [3.8, 4) is 11.4 Å². The fourth-order valence-electron chi connectivity index (χ4n) is 3.93. The Hall–Kier alpha value is -3.06. The molecule has 4 rings (SSSR count). The Bertz CT molecular complexity index is 951. The molecule has 1 saturated heterocycles. The molecule has 1 aromatic heterocycles. The van der Waals surface area contributed by atoms with Crippen molar-refractivity contribution in [2.24, 2.45) is 0 Å². The number of aryl methyl sites for hydroxylation is 1. The minimum atomic E-state index is 0.00172. The number of hydrogen-bond acceptors (Lipinski definition) is 5. The molecule has 1 aliphatic rings. The molecule has 28 heavy (non-hydrogen) atoms. The number of nitrogens with zero attached hydrogens (tertiary/aromatic N) is 5. The van der Waals surface area contributed by atoms with Gasteiger partial charge in [0.25, 0.3) is 5.91 Å². The van der Waals surface area contributed by atoms with Crippen LogP contribution in [0.3, 0.4) is 0 Å². The van der Waals surface area contributed by atoms with Gasteiger partial charge in [-0.3, -0.25) is 4.79 Å². The van der Waals surface area contributed by atoms with Crippen LogP contribution in [0, 0.1) is 6.92 Å². The number of nitrogens with one attached hydrogen (secondary N) is 1. The maximum atomic E-state index is 13.4. The molecule has 0 radical (unpaired) electrons. The van der Waals surface area contributed by atoms with E-state index in [1.165, 1.54) is 11.1 Å². The second-order valence-corrected chi connectivity index (χ2v) is 7.54. The van der Waals surface area contributed by atoms with Crippen molar-refractivity contribution < 1.29 is 4.79 Å². The lowest BCUT2D eigenvalue weighted by molar-refractivity contribution is 0.0783. The van der Waals surface area contributed by atoms with Crippen LogP contribution in [-0.2, 0) is 0 Å².